The van der Waals surface area contributed by atoms with E-state index >= 15 is 0 Å². The Bertz CT molecular complexity index is 433. The molecule has 1 heterocycles. The van der Waals surface area contributed by atoms with Crippen molar-refractivity contribution in [1.29, 1.82) is 0 Å². The molecule has 3 N–H and O–H groups in total. The number of fused-ring (bicyclic) bond motifs is 1. The molecule has 0 amide bonds. The summed E-state index contributed by atoms with van der Waals surface area (Å²) in [4.78, 5) is 0. The Morgan fingerprint density at radius 1 is 1.59 bits per heavy atom. The van der Waals surface area contributed by atoms with E-state index in [-0.39, 0.29) is 0 Å². The third kappa shape index (κ3) is 2.74. The topological polar surface area (TPSA) is 64.7 Å². The van der Waals surface area contributed by atoms with Crippen molar-refractivity contribution in [3.8, 4) is 5.75 Å². The molecule has 1 aliphatic rings. The Kier molecular flexibility index (Phi) is 3.36. The molecule has 6 heteroatoms. The molecule has 0 radical (unpaired) electrons. The maximum Gasteiger partial charge on any atom is 0.493 e. The van der Waals surface area contributed by atoms with Crippen molar-refractivity contribution in [1.82, 2.24) is 0 Å². The van der Waals surface area contributed by atoms with Crippen LogP contribution < -0.4 is 15.9 Å². The van der Waals surface area contributed by atoms with Gasteiger partial charge in [-0.15, -0.1) is 0 Å². The van der Waals surface area contributed by atoms with Gasteiger partial charge in [0, 0.05) is 11.0 Å². The molecule has 17 heavy (non-hydrogen) atoms. The van der Waals surface area contributed by atoms with Gasteiger partial charge < -0.3 is 20.1 Å². The maximum atomic E-state index is 9.63. The van der Waals surface area contributed by atoms with Crippen LogP contribution in [0.3, 0.4) is 0 Å². The highest BCUT2D eigenvalue weighted by Gasteiger charge is 2.31. The summed E-state index contributed by atoms with van der Waals surface area (Å²) in [6.45, 7) is 4.46. The number of nitrogens with two attached hydrogens (primary N) is 1. The fourth-order valence-electron chi connectivity index (χ4n) is 1.63. The SMILES string of the molecule is CC(C)(N)COc1ccc2c(c1Cl)B(O)OC2. The van der Waals surface area contributed by atoms with Gasteiger partial charge in [0.25, 0.3) is 0 Å². The molecular formula is C11H15BClNO3. The lowest BCUT2D eigenvalue weighted by Crippen LogP contribution is -2.39. The van der Waals surface area contributed by atoms with Crippen molar-refractivity contribution < 1.29 is 14.4 Å². The molecule has 1 aromatic rings. The van der Waals surface area contributed by atoms with Crippen molar-refractivity contribution in [2.45, 2.75) is 26.0 Å². The number of rotatable bonds is 3. The molecule has 0 atom stereocenters. The molecule has 0 unspecified atom stereocenters. The Morgan fingerprint density at radius 2 is 2.29 bits per heavy atom. The first-order valence-electron chi connectivity index (χ1n) is 5.41. The average molecular weight is 256 g/mol. The van der Waals surface area contributed by atoms with Gasteiger partial charge in [0.2, 0.25) is 0 Å². The third-order valence-electron chi connectivity index (χ3n) is 2.48. The normalized spacial score (nSPS) is 15.0. The second-order valence-electron chi connectivity index (χ2n) is 4.89. The first kappa shape index (κ1) is 12.7. The maximum absolute atomic E-state index is 9.63. The monoisotopic (exact) mass is 255 g/mol. The smallest absolute Gasteiger partial charge is 0.490 e. The summed E-state index contributed by atoms with van der Waals surface area (Å²) in [5.41, 5.74) is 6.89. The summed E-state index contributed by atoms with van der Waals surface area (Å²) in [5.74, 6) is 0.522. The number of ether oxygens (including phenoxy) is 1. The highest BCUT2D eigenvalue weighted by Crippen LogP contribution is 2.27. The van der Waals surface area contributed by atoms with Gasteiger partial charge in [-0.05, 0) is 25.5 Å². The second-order valence-corrected chi connectivity index (χ2v) is 5.27. The zero-order valence-corrected chi connectivity index (χ0v) is 10.6. The van der Waals surface area contributed by atoms with Gasteiger partial charge in [-0.1, -0.05) is 17.7 Å². The van der Waals surface area contributed by atoms with E-state index in [0.717, 1.165) is 5.56 Å². The zero-order chi connectivity index (χ0) is 12.6. The molecular weight excluding hydrogens is 240 g/mol. The lowest BCUT2D eigenvalue weighted by molar-refractivity contribution is 0.243. The largest absolute Gasteiger partial charge is 0.493 e. The van der Waals surface area contributed by atoms with E-state index in [2.05, 4.69) is 0 Å². The van der Waals surface area contributed by atoms with Gasteiger partial charge in [-0.25, -0.2) is 0 Å². The quantitative estimate of drug-likeness (QED) is 0.780. The van der Waals surface area contributed by atoms with E-state index in [0.29, 0.717) is 29.4 Å². The summed E-state index contributed by atoms with van der Waals surface area (Å²) < 4.78 is 10.6. The Labute approximate surface area is 106 Å². The van der Waals surface area contributed by atoms with Crippen LogP contribution in [-0.4, -0.2) is 24.3 Å². The molecule has 4 nitrogen and oxygen atoms in total. The van der Waals surface area contributed by atoms with E-state index in [4.69, 9.17) is 26.7 Å². The average Bonchev–Trinajstić information content (AvgIpc) is 2.59. The van der Waals surface area contributed by atoms with Crippen LogP contribution in [0.4, 0.5) is 0 Å². The van der Waals surface area contributed by atoms with Crippen LogP contribution in [0.1, 0.15) is 19.4 Å². The van der Waals surface area contributed by atoms with E-state index in [1.165, 1.54) is 0 Å². The van der Waals surface area contributed by atoms with Crippen molar-refractivity contribution >= 4 is 24.2 Å². The molecule has 0 aliphatic carbocycles. The predicted octanol–water partition coefficient (Wildman–Crippen LogP) is 0.674. The zero-order valence-electron chi connectivity index (χ0n) is 9.87. The molecule has 0 fully saturated rings. The van der Waals surface area contributed by atoms with Crippen molar-refractivity contribution in [2.75, 3.05) is 6.61 Å². The predicted molar refractivity (Wildman–Crippen MR) is 67.6 cm³/mol. The first-order chi connectivity index (χ1) is 7.88. The molecule has 0 bridgehead atoms. The van der Waals surface area contributed by atoms with E-state index in [1.807, 2.05) is 19.9 Å². The highest BCUT2D eigenvalue weighted by atomic mass is 35.5. The van der Waals surface area contributed by atoms with Crippen LogP contribution >= 0.6 is 11.6 Å². The van der Waals surface area contributed by atoms with Crippen LogP contribution in [0.25, 0.3) is 0 Å². The Morgan fingerprint density at radius 3 is 2.94 bits per heavy atom. The fraction of sp³-hybridized carbons (Fsp3) is 0.455. The molecule has 0 aromatic heterocycles. The summed E-state index contributed by atoms with van der Waals surface area (Å²) >= 11 is 6.17. The summed E-state index contributed by atoms with van der Waals surface area (Å²) in [6.07, 6.45) is 0. The van der Waals surface area contributed by atoms with E-state index in [1.54, 1.807) is 6.07 Å². The van der Waals surface area contributed by atoms with Crippen LogP contribution in [0.2, 0.25) is 5.02 Å². The standard InChI is InChI=1S/C11H15BClNO3/c1-11(2,14)6-16-8-4-3-7-5-17-12(15)9(7)10(8)13/h3-4,15H,5-6,14H2,1-2H3. The van der Waals surface area contributed by atoms with Gasteiger partial charge in [-0.2, -0.15) is 0 Å². The molecule has 0 spiro atoms. The lowest BCUT2D eigenvalue weighted by atomic mass is 9.79. The third-order valence-corrected chi connectivity index (χ3v) is 2.87. The Hall–Kier alpha value is -0.745. The van der Waals surface area contributed by atoms with E-state index in [9.17, 15) is 5.02 Å². The van der Waals surface area contributed by atoms with Crippen molar-refractivity contribution in [3.63, 3.8) is 0 Å². The molecule has 1 aliphatic heterocycles. The van der Waals surface area contributed by atoms with Crippen LogP contribution in [-0.2, 0) is 11.3 Å². The van der Waals surface area contributed by atoms with Crippen LogP contribution in [0.15, 0.2) is 12.1 Å². The van der Waals surface area contributed by atoms with Crippen LogP contribution in [0.5, 0.6) is 5.75 Å². The summed E-state index contributed by atoms with van der Waals surface area (Å²) in [5, 5.41) is 10.0. The first-order valence-corrected chi connectivity index (χ1v) is 5.79. The lowest BCUT2D eigenvalue weighted by Gasteiger charge is -2.20. The number of benzene rings is 1. The minimum atomic E-state index is -0.966. The molecule has 2 rings (SSSR count). The van der Waals surface area contributed by atoms with Crippen molar-refractivity contribution in [2.24, 2.45) is 5.73 Å². The van der Waals surface area contributed by atoms with Crippen molar-refractivity contribution in [3.05, 3.63) is 22.7 Å². The fourth-order valence-corrected chi connectivity index (χ4v) is 1.97. The highest BCUT2D eigenvalue weighted by molar-refractivity contribution is 6.65. The minimum absolute atomic E-state index is 0.350. The minimum Gasteiger partial charge on any atom is -0.490 e. The van der Waals surface area contributed by atoms with Gasteiger partial charge >= 0.3 is 7.12 Å². The Balaban J connectivity index is 2.23. The summed E-state index contributed by atoms with van der Waals surface area (Å²) in [6, 6.07) is 3.62. The van der Waals surface area contributed by atoms with Gasteiger partial charge in [0.05, 0.1) is 11.6 Å². The summed E-state index contributed by atoms with van der Waals surface area (Å²) in [7, 11) is -0.966. The molecule has 1 aromatic carbocycles. The number of hydrogen-bond donors (Lipinski definition) is 2. The van der Waals surface area contributed by atoms with Gasteiger partial charge in [-0.3, -0.25) is 0 Å². The molecule has 92 valence electrons. The van der Waals surface area contributed by atoms with Crippen LogP contribution in [0, 0.1) is 0 Å². The number of halogens is 1. The molecule has 0 saturated heterocycles. The van der Waals surface area contributed by atoms with Gasteiger partial charge in [0.15, 0.2) is 0 Å². The molecule has 0 saturated carbocycles. The van der Waals surface area contributed by atoms with Gasteiger partial charge in [0.1, 0.15) is 12.4 Å². The number of hydrogen-bond acceptors (Lipinski definition) is 4. The second kappa shape index (κ2) is 4.50. The van der Waals surface area contributed by atoms with E-state index < -0.39 is 12.7 Å².